The van der Waals surface area contributed by atoms with Gasteiger partial charge in [0.15, 0.2) is 0 Å². The van der Waals surface area contributed by atoms with Gasteiger partial charge < -0.3 is 23.8 Å². The minimum absolute atomic E-state index is 0. The fourth-order valence-corrected chi connectivity index (χ4v) is 2.31. The van der Waals surface area contributed by atoms with Crippen LogP contribution in [0.3, 0.4) is 0 Å². The molecule has 0 aliphatic rings. The van der Waals surface area contributed by atoms with Gasteiger partial charge in [0.1, 0.15) is 0 Å². The van der Waals surface area contributed by atoms with Gasteiger partial charge in [0.05, 0.1) is 0 Å². The molecule has 0 saturated carbocycles. The van der Waals surface area contributed by atoms with Gasteiger partial charge in [0, 0.05) is 11.4 Å². The second kappa shape index (κ2) is 10.9. The highest BCUT2D eigenvalue weighted by Gasteiger charge is 1.95. The molecule has 0 fully saturated rings. The molecule has 0 bridgehead atoms. The third-order valence-electron chi connectivity index (χ3n) is 3.54. The van der Waals surface area contributed by atoms with Crippen LogP contribution >= 0.6 is 0 Å². The summed E-state index contributed by atoms with van der Waals surface area (Å²) in [4.78, 5) is 0. The van der Waals surface area contributed by atoms with Crippen molar-refractivity contribution in [2.75, 3.05) is 11.5 Å². The van der Waals surface area contributed by atoms with Crippen molar-refractivity contribution >= 4 is 11.4 Å². The van der Waals surface area contributed by atoms with Crippen molar-refractivity contribution < 1.29 is 0 Å². The summed E-state index contributed by atoms with van der Waals surface area (Å²) in [5.41, 5.74) is 18.0. The maximum atomic E-state index is 5.62. The van der Waals surface area contributed by atoms with Crippen molar-refractivity contribution in [1.29, 1.82) is 0 Å². The van der Waals surface area contributed by atoms with E-state index in [1.54, 1.807) is 0 Å². The third-order valence-corrected chi connectivity index (χ3v) is 3.54. The minimum Gasteiger partial charge on any atom is -0.399 e. The topological polar surface area (TPSA) is 122 Å². The van der Waals surface area contributed by atoms with E-state index in [2.05, 4.69) is 38.1 Å². The Morgan fingerprint density at radius 2 is 0.960 bits per heavy atom. The molecule has 0 aliphatic carbocycles. The fourth-order valence-electron chi connectivity index (χ4n) is 2.31. The van der Waals surface area contributed by atoms with E-state index in [1.807, 2.05) is 48.5 Å². The predicted octanol–water partition coefficient (Wildman–Crippen LogP) is 5.07. The molecule has 10 N–H and O–H groups in total. The van der Waals surface area contributed by atoms with Gasteiger partial charge in [-0.1, -0.05) is 59.7 Å². The van der Waals surface area contributed by atoms with Crippen LogP contribution in [0, 0.1) is 13.8 Å². The van der Waals surface area contributed by atoms with Crippen LogP contribution in [0.2, 0.25) is 0 Å². The SMILES string of the molecule is Cc1cccc(C)c1.N.N.Nc1ccc(Cc2ccc(N)cc2)cc1. The van der Waals surface area contributed by atoms with Crippen LogP contribution in [0.5, 0.6) is 0 Å². The molecule has 0 atom stereocenters. The zero-order valence-electron chi connectivity index (χ0n) is 15.2. The summed E-state index contributed by atoms with van der Waals surface area (Å²) in [6.07, 6.45) is 0.917. The van der Waals surface area contributed by atoms with Crippen molar-refractivity contribution in [3.63, 3.8) is 0 Å². The van der Waals surface area contributed by atoms with Gasteiger partial charge in [-0.3, -0.25) is 0 Å². The molecule has 0 spiro atoms. The summed E-state index contributed by atoms with van der Waals surface area (Å²) in [6.45, 7) is 4.21. The predicted molar refractivity (Wildman–Crippen MR) is 110 cm³/mol. The van der Waals surface area contributed by atoms with Crippen LogP contribution in [0.1, 0.15) is 22.3 Å². The molecule has 0 aromatic heterocycles. The Morgan fingerprint density at radius 1 is 0.600 bits per heavy atom. The van der Waals surface area contributed by atoms with E-state index >= 15 is 0 Å². The van der Waals surface area contributed by atoms with Crippen molar-refractivity contribution in [2.45, 2.75) is 20.3 Å². The highest BCUT2D eigenvalue weighted by Crippen LogP contribution is 2.13. The van der Waals surface area contributed by atoms with E-state index < -0.39 is 0 Å². The minimum atomic E-state index is 0. The average Bonchev–Trinajstić information content (AvgIpc) is 2.52. The molecular weight excluding hydrogens is 308 g/mol. The number of aryl methyl sites for hydroxylation is 2. The first-order chi connectivity index (χ1) is 11.0. The van der Waals surface area contributed by atoms with E-state index in [4.69, 9.17) is 11.5 Å². The van der Waals surface area contributed by atoms with E-state index in [-0.39, 0.29) is 12.3 Å². The van der Waals surface area contributed by atoms with Crippen molar-refractivity contribution in [2.24, 2.45) is 0 Å². The van der Waals surface area contributed by atoms with Crippen LogP contribution in [-0.4, -0.2) is 0 Å². The number of hydrogen-bond donors (Lipinski definition) is 4. The quantitative estimate of drug-likeness (QED) is 0.487. The summed E-state index contributed by atoms with van der Waals surface area (Å²) in [7, 11) is 0. The molecule has 25 heavy (non-hydrogen) atoms. The average molecular weight is 338 g/mol. The largest absolute Gasteiger partial charge is 0.399 e. The third kappa shape index (κ3) is 8.01. The van der Waals surface area contributed by atoms with E-state index in [1.165, 1.54) is 22.3 Å². The number of nitrogens with two attached hydrogens (primary N) is 2. The van der Waals surface area contributed by atoms with Gasteiger partial charge in [-0.25, -0.2) is 0 Å². The monoisotopic (exact) mass is 338 g/mol. The number of benzene rings is 3. The number of nitrogen functional groups attached to an aromatic ring is 2. The van der Waals surface area contributed by atoms with Crippen LogP contribution < -0.4 is 23.8 Å². The lowest BCUT2D eigenvalue weighted by atomic mass is 10.0. The summed E-state index contributed by atoms with van der Waals surface area (Å²) in [5.74, 6) is 0. The van der Waals surface area contributed by atoms with Crippen LogP contribution in [-0.2, 0) is 6.42 Å². The summed E-state index contributed by atoms with van der Waals surface area (Å²) < 4.78 is 0. The normalized spacial score (nSPS) is 9.04. The van der Waals surface area contributed by atoms with Gasteiger partial charge in [0.2, 0.25) is 0 Å². The summed E-state index contributed by atoms with van der Waals surface area (Å²) in [5, 5.41) is 0. The van der Waals surface area contributed by atoms with Gasteiger partial charge >= 0.3 is 0 Å². The first-order valence-electron chi connectivity index (χ1n) is 7.75. The lowest BCUT2D eigenvalue weighted by Crippen LogP contribution is -1.90. The molecule has 0 saturated heterocycles. The van der Waals surface area contributed by atoms with Crippen molar-refractivity contribution in [1.82, 2.24) is 12.3 Å². The molecule has 0 unspecified atom stereocenters. The standard InChI is InChI=1S/C13H14N2.C8H10.2H3N/c14-12-5-1-10(2-6-12)9-11-3-7-13(15)8-4-11;1-7-4-3-5-8(2)6-7;;/h1-8H,9,14-15H2;3-6H,1-2H3;2*1H3. The van der Waals surface area contributed by atoms with E-state index in [9.17, 15) is 0 Å². The molecule has 3 aromatic rings. The Bertz CT molecular complexity index is 674. The molecule has 0 aliphatic heterocycles. The van der Waals surface area contributed by atoms with Crippen LogP contribution in [0.15, 0.2) is 72.8 Å². The Balaban J connectivity index is 0.000000497. The molecule has 3 rings (SSSR count). The molecule has 0 heterocycles. The van der Waals surface area contributed by atoms with E-state index in [0.717, 1.165) is 17.8 Å². The fraction of sp³-hybridized carbons (Fsp3) is 0.143. The Kier molecular flexibility index (Phi) is 9.64. The molecular formula is C21H30N4. The zero-order valence-corrected chi connectivity index (χ0v) is 15.2. The highest BCUT2D eigenvalue weighted by molar-refractivity contribution is 5.43. The van der Waals surface area contributed by atoms with Gasteiger partial charge in [-0.05, 0) is 55.7 Å². The Labute approximate surface area is 151 Å². The Hall–Kier alpha value is -2.82. The lowest BCUT2D eigenvalue weighted by molar-refractivity contribution is 1.19. The molecule has 3 aromatic carbocycles. The van der Waals surface area contributed by atoms with Crippen molar-refractivity contribution in [3.05, 3.63) is 95.1 Å². The number of hydrogen-bond acceptors (Lipinski definition) is 4. The first kappa shape index (κ1) is 22.2. The molecule has 0 amide bonds. The van der Waals surface area contributed by atoms with Crippen LogP contribution in [0.4, 0.5) is 11.4 Å². The smallest absolute Gasteiger partial charge is 0.0314 e. The second-order valence-electron chi connectivity index (χ2n) is 5.82. The molecule has 0 radical (unpaired) electrons. The molecule has 134 valence electrons. The summed E-state index contributed by atoms with van der Waals surface area (Å²) in [6, 6.07) is 24.3. The number of anilines is 2. The van der Waals surface area contributed by atoms with Crippen LogP contribution in [0.25, 0.3) is 0 Å². The molecule has 4 heteroatoms. The zero-order chi connectivity index (χ0) is 16.7. The molecule has 4 nitrogen and oxygen atoms in total. The maximum Gasteiger partial charge on any atom is 0.0314 e. The van der Waals surface area contributed by atoms with E-state index in [0.29, 0.717) is 0 Å². The second-order valence-corrected chi connectivity index (χ2v) is 5.82. The van der Waals surface area contributed by atoms with Gasteiger partial charge in [-0.2, -0.15) is 0 Å². The lowest BCUT2D eigenvalue weighted by Gasteiger charge is -2.02. The first-order valence-corrected chi connectivity index (χ1v) is 7.75. The number of rotatable bonds is 2. The Morgan fingerprint density at radius 3 is 1.24 bits per heavy atom. The highest BCUT2D eigenvalue weighted by atomic mass is 14.5. The maximum absolute atomic E-state index is 5.62. The summed E-state index contributed by atoms with van der Waals surface area (Å²) >= 11 is 0. The van der Waals surface area contributed by atoms with Crippen molar-refractivity contribution in [3.8, 4) is 0 Å². The van der Waals surface area contributed by atoms with Gasteiger partial charge in [-0.15, -0.1) is 0 Å². The van der Waals surface area contributed by atoms with Gasteiger partial charge in [0.25, 0.3) is 0 Å².